The summed E-state index contributed by atoms with van der Waals surface area (Å²) in [6.45, 7) is 22.6. The molecular formula is C31H50N2O2. The molecule has 0 unspecified atom stereocenters. The van der Waals surface area contributed by atoms with Gasteiger partial charge < -0.3 is 10.0 Å². The van der Waals surface area contributed by atoms with Crippen molar-refractivity contribution in [1.82, 2.24) is 4.90 Å². The molecule has 35 heavy (non-hydrogen) atoms. The van der Waals surface area contributed by atoms with Crippen LogP contribution in [0.3, 0.4) is 0 Å². The van der Waals surface area contributed by atoms with Crippen LogP contribution in [0.5, 0.6) is 5.75 Å². The van der Waals surface area contributed by atoms with Gasteiger partial charge in [-0.2, -0.15) is 0 Å². The first-order valence-corrected chi connectivity index (χ1v) is 13.7. The third kappa shape index (κ3) is 5.04. The molecule has 3 atom stereocenters. The van der Waals surface area contributed by atoms with Crippen LogP contribution in [0, 0.1) is 28.1 Å². The van der Waals surface area contributed by atoms with E-state index in [1.165, 1.54) is 19.3 Å². The third-order valence-electron chi connectivity index (χ3n) is 9.35. The second kappa shape index (κ2) is 9.23. The van der Waals surface area contributed by atoms with Crippen LogP contribution in [0.4, 0.5) is 0 Å². The van der Waals surface area contributed by atoms with E-state index in [-0.39, 0.29) is 34.0 Å². The number of rotatable bonds is 7. The van der Waals surface area contributed by atoms with Crippen LogP contribution in [0.15, 0.2) is 12.1 Å². The number of hydrogen-bond acceptors (Lipinski definition) is 3. The first kappa shape index (κ1) is 27.7. The average Bonchev–Trinajstić information content (AvgIpc) is 3.08. The minimum atomic E-state index is -0.275. The van der Waals surface area contributed by atoms with E-state index in [9.17, 15) is 9.90 Å². The van der Waals surface area contributed by atoms with Gasteiger partial charge in [-0.3, -0.25) is 10.2 Å². The molecule has 196 valence electrons. The molecule has 1 aliphatic carbocycles. The minimum Gasteiger partial charge on any atom is -0.507 e. The lowest BCUT2D eigenvalue weighted by molar-refractivity contribution is 0.0955. The summed E-state index contributed by atoms with van der Waals surface area (Å²) in [6, 6.07) is 3.76. The second-order valence-corrected chi connectivity index (χ2v) is 14.1. The van der Waals surface area contributed by atoms with E-state index in [1.807, 2.05) is 17.0 Å². The van der Waals surface area contributed by atoms with Gasteiger partial charge in [0.2, 0.25) is 0 Å². The zero-order valence-corrected chi connectivity index (χ0v) is 24.1. The van der Waals surface area contributed by atoms with Crippen molar-refractivity contribution in [2.24, 2.45) is 22.7 Å². The lowest BCUT2D eigenvalue weighted by Crippen LogP contribution is -2.36. The fraction of sp³-hybridized carbons (Fsp3) is 0.742. The molecule has 4 nitrogen and oxygen atoms in total. The lowest BCUT2D eigenvalue weighted by Gasteiger charge is -2.31. The van der Waals surface area contributed by atoms with Crippen LogP contribution >= 0.6 is 0 Å². The molecule has 1 aromatic carbocycles. The van der Waals surface area contributed by atoms with E-state index in [2.05, 4.69) is 69.2 Å². The number of fused-ring (bicyclic) bond motifs is 1. The number of nitrogens with one attached hydrogen (secondary N) is 1. The summed E-state index contributed by atoms with van der Waals surface area (Å²) in [6.07, 6.45) is 5.94. The smallest absolute Gasteiger partial charge is 0.182 e. The predicted molar refractivity (Wildman–Crippen MR) is 147 cm³/mol. The number of phenolic OH excluding ortho intramolecular Hbond substituents is 1. The summed E-state index contributed by atoms with van der Waals surface area (Å²) in [5.74, 6) is 2.43. The number of phenols is 1. The van der Waals surface area contributed by atoms with E-state index >= 15 is 0 Å². The Morgan fingerprint density at radius 2 is 1.57 bits per heavy atom. The molecule has 1 aromatic rings. The molecule has 2 fully saturated rings. The van der Waals surface area contributed by atoms with Crippen molar-refractivity contribution in [3.8, 4) is 5.75 Å². The third-order valence-corrected chi connectivity index (χ3v) is 9.35. The number of carbonyl (C=O) groups excluding carboxylic acids is 1. The Hall–Kier alpha value is -1.84. The van der Waals surface area contributed by atoms with Crippen LogP contribution in [-0.2, 0) is 10.8 Å². The molecular weight excluding hydrogens is 432 g/mol. The molecule has 1 saturated carbocycles. The van der Waals surface area contributed by atoms with Gasteiger partial charge >= 0.3 is 0 Å². The maximum atomic E-state index is 13.6. The number of amidine groups is 1. The Morgan fingerprint density at radius 1 is 1.06 bits per heavy atom. The van der Waals surface area contributed by atoms with Gasteiger partial charge in [0.1, 0.15) is 11.6 Å². The van der Waals surface area contributed by atoms with Gasteiger partial charge in [-0.25, -0.2) is 0 Å². The number of Topliss-reactive ketones (excluding diaryl/α,β-unsaturated/α-hetero) is 1. The predicted octanol–water partition coefficient (Wildman–Crippen LogP) is 7.71. The number of likely N-dealkylation sites (tertiary alicyclic amines) is 1. The van der Waals surface area contributed by atoms with Crippen molar-refractivity contribution >= 4 is 11.6 Å². The van der Waals surface area contributed by atoms with Crippen LogP contribution < -0.4 is 0 Å². The summed E-state index contributed by atoms with van der Waals surface area (Å²) in [5, 5.41) is 20.2. The first-order chi connectivity index (χ1) is 16.0. The van der Waals surface area contributed by atoms with Gasteiger partial charge in [-0.15, -0.1) is 0 Å². The number of aromatic hydroxyl groups is 1. The van der Waals surface area contributed by atoms with Gasteiger partial charge in [-0.1, -0.05) is 82.1 Å². The molecule has 1 aliphatic heterocycles. The number of benzene rings is 1. The highest BCUT2D eigenvalue weighted by Crippen LogP contribution is 2.61. The Balaban J connectivity index is 1.84. The number of carbonyl (C=O) groups is 1. The highest BCUT2D eigenvalue weighted by atomic mass is 16.3. The summed E-state index contributed by atoms with van der Waals surface area (Å²) in [4.78, 5) is 15.6. The Labute approximate surface area is 214 Å². The summed E-state index contributed by atoms with van der Waals surface area (Å²) in [5.41, 5.74) is 1.60. The minimum absolute atomic E-state index is 0.0338. The zero-order chi connectivity index (χ0) is 26.6. The van der Waals surface area contributed by atoms with Gasteiger partial charge in [-0.05, 0) is 59.5 Å². The van der Waals surface area contributed by atoms with E-state index in [1.54, 1.807) is 0 Å². The van der Waals surface area contributed by atoms with Crippen molar-refractivity contribution in [1.29, 1.82) is 5.41 Å². The Kier molecular flexibility index (Phi) is 7.32. The van der Waals surface area contributed by atoms with Crippen molar-refractivity contribution in [2.45, 2.75) is 112 Å². The van der Waals surface area contributed by atoms with E-state index in [4.69, 9.17) is 5.41 Å². The fourth-order valence-corrected chi connectivity index (χ4v) is 6.83. The van der Waals surface area contributed by atoms with Crippen LogP contribution in [0.25, 0.3) is 0 Å². The van der Waals surface area contributed by atoms with Crippen molar-refractivity contribution < 1.29 is 9.90 Å². The van der Waals surface area contributed by atoms with E-state index in [0.29, 0.717) is 23.1 Å². The molecule has 0 amide bonds. The van der Waals surface area contributed by atoms with Gasteiger partial charge in [0.05, 0.1) is 6.54 Å². The maximum Gasteiger partial charge on any atom is 0.182 e. The van der Waals surface area contributed by atoms with Crippen LogP contribution in [0.1, 0.15) is 123 Å². The van der Waals surface area contributed by atoms with Gasteiger partial charge in [0.15, 0.2) is 5.78 Å². The highest BCUT2D eigenvalue weighted by molar-refractivity contribution is 6.01. The van der Waals surface area contributed by atoms with Crippen LogP contribution in [-0.4, -0.2) is 34.7 Å². The molecule has 0 spiro atoms. The monoisotopic (exact) mass is 482 g/mol. The van der Waals surface area contributed by atoms with Crippen molar-refractivity contribution in [3.63, 3.8) is 0 Å². The van der Waals surface area contributed by atoms with Gasteiger partial charge in [0.25, 0.3) is 0 Å². The molecule has 2 aliphatic rings. The molecule has 2 N–H and O–H groups in total. The number of nitrogens with zero attached hydrogens (tertiary/aromatic N) is 1. The SMILES string of the molecule is CCC(CC)C[C@H]1C[C@@]2(C)CN(CC(=O)c3cc(C(C)(C)C)c(O)c(C(C)(C)C)c3)C(=N)[C@@]2(C)C1. The largest absolute Gasteiger partial charge is 0.507 e. The van der Waals surface area contributed by atoms with E-state index in [0.717, 1.165) is 36.4 Å². The molecule has 0 radical (unpaired) electrons. The molecule has 4 heteroatoms. The molecule has 0 bridgehead atoms. The second-order valence-electron chi connectivity index (χ2n) is 14.1. The van der Waals surface area contributed by atoms with Crippen LogP contribution in [0.2, 0.25) is 0 Å². The number of hydrogen-bond donors (Lipinski definition) is 2. The molecule has 1 saturated heterocycles. The Morgan fingerprint density at radius 3 is 2.00 bits per heavy atom. The maximum absolute atomic E-state index is 13.6. The lowest BCUT2D eigenvalue weighted by atomic mass is 9.70. The quantitative estimate of drug-likeness (QED) is 0.391. The fourth-order valence-electron chi connectivity index (χ4n) is 6.83. The molecule has 0 aromatic heterocycles. The summed E-state index contributed by atoms with van der Waals surface area (Å²) < 4.78 is 0. The van der Waals surface area contributed by atoms with Crippen molar-refractivity contribution in [3.05, 3.63) is 28.8 Å². The average molecular weight is 483 g/mol. The molecule has 3 rings (SSSR count). The zero-order valence-electron chi connectivity index (χ0n) is 24.1. The Bertz CT molecular complexity index is 944. The highest BCUT2D eigenvalue weighted by Gasteiger charge is 2.61. The first-order valence-electron chi connectivity index (χ1n) is 13.7. The van der Waals surface area contributed by atoms with E-state index < -0.39 is 0 Å². The number of ketones is 1. The topological polar surface area (TPSA) is 64.4 Å². The molecule has 1 heterocycles. The standard InChI is InChI=1S/C31H50N2O2/c1-11-20(12-2)13-21-16-30(9)19-33(27(32)31(30,10)17-21)18-25(34)22-14-23(28(3,4)5)26(35)24(15-22)29(6,7)8/h14-15,20-21,32,35H,11-13,16-19H2,1-10H3/t21-,30-,31+/m0/s1. The normalized spacial score (nSPS) is 27.1. The summed E-state index contributed by atoms with van der Waals surface area (Å²) >= 11 is 0. The van der Waals surface area contributed by atoms with Crippen molar-refractivity contribution in [2.75, 3.05) is 13.1 Å². The van der Waals surface area contributed by atoms with Gasteiger partial charge in [0, 0.05) is 28.7 Å². The summed E-state index contributed by atoms with van der Waals surface area (Å²) in [7, 11) is 0.